The predicted molar refractivity (Wildman–Crippen MR) is 108 cm³/mol. The van der Waals surface area contributed by atoms with Crippen LogP contribution in [0.2, 0.25) is 0 Å². The first kappa shape index (κ1) is 18.5. The molecule has 0 atom stereocenters. The van der Waals surface area contributed by atoms with Gasteiger partial charge in [-0.05, 0) is 48.6 Å². The molecule has 0 N–H and O–H groups in total. The molecule has 0 bridgehead atoms. The molecule has 6 nitrogen and oxygen atoms in total. The minimum Gasteiger partial charge on any atom is -0.484 e. The van der Waals surface area contributed by atoms with Gasteiger partial charge in [0, 0.05) is 25.2 Å². The average molecular weight is 378 g/mol. The molecule has 1 amide bonds. The van der Waals surface area contributed by atoms with E-state index in [4.69, 9.17) is 4.74 Å². The third kappa shape index (κ3) is 3.86. The van der Waals surface area contributed by atoms with E-state index in [2.05, 4.69) is 36.2 Å². The number of amides is 1. The Morgan fingerprint density at radius 1 is 1.11 bits per heavy atom. The van der Waals surface area contributed by atoms with Crippen LogP contribution in [0.25, 0.3) is 5.65 Å². The summed E-state index contributed by atoms with van der Waals surface area (Å²) >= 11 is 0. The normalized spacial score (nSPS) is 15.3. The number of hydrogen-bond donors (Lipinski definition) is 0. The Bertz CT molecular complexity index is 941. The molecule has 0 aliphatic carbocycles. The van der Waals surface area contributed by atoms with Crippen LogP contribution in [-0.4, -0.2) is 45.1 Å². The van der Waals surface area contributed by atoms with Gasteiger partial charge < -0.3 is 9.64 Å². The zero-order valence-electron chi connectivity index (χ0n) is 16.4. The number of carbonyl (C=O) groups excluding carboxylic acids is 1. The first-order valence-corrected chi connectivity index (χ1v) is 9.92. The molecule has 1 aliphatic rings. The highest BCUT2D eigenvalue weighted by Crippen LogP contribution is 2.27. The number of nitrogens with zero attached hydrogens (tertiary/aromatic N) is 4. The molecule has 1 aliphatic heterocycles. The van der Waals surface area contributed by atoms with Gasteiger partial charge in [0.1, 0.15) is 11.6 Å². The summed E-state index contributed by atoms with van der Waals surface area (Å²) in [5.74, 6) is 2.58. The summed E-state index contributed by atoms with van der Waals surface area (Å²) in [6.45, 7) is 5.85. The van der Waals surface area contributed by atoms with E-state index >= 15 is 0 Å². The summed E-state index contributed by atoms with van der Waals surface area (Å²) in [6, 6.07) is 13.9. The van der Waals surface area contributed by atoms with Crippen molar-refractivity contribution in [2.24, 2.45) is 0 Å². The lowest BCUT2D eigenvalue weighted by molar-refractivity contribution is -0.134. The molecular weight excluding hydrogens is 352 g/mol. The predicted octanol–water partition coefficient (Wildman–Crippen LogP) is 3.64. The number of carbonyl (C=O) groups is 1. The van der Waals surface area contributed by atoms with E-state index in [9.17, 15) is 4.79 Å². The molecule has 0 spiro atoms. The maximum Gasteiger partial charge on any atom is 0.260 e. The van der Waals surface area contributed by atoms with Crippen LogP contribution in [0, 0.1) is 0 Å². The van der Waals surface area contributed by atoms with Gasteiger partial charge >= 0.3 is 0 Å². The minimum atomic E-state index is 0.0393. The lowest BCUT2D eigenvalue weighted by atomic mass is 9.96. The Labute approximate surface area is 165 Å². The van der Waals surface area contributed by atoms with Crippen molar-refractivity contribution in [3.63, 3.8) is 0 Å². The summed E-state index contributed by atoms with van der Waals surface area (Å²) in [5.41, 5.74) is 2.13. The number of likely N-dealkylation sites (tertiary alicyclic amines) is 1. The minimum absolute atomic E-state index is 0.0393. The van der Waals surface area contributed by atoms with Crippen molar-refractivity contribution in [1.29, 1.82) is 0 Å². The van der Waals surface area contributed by atoms with E-state index in [0.717, 1.165) is 43.2 Å². The topological polar surface area (TPSA) is 59.7 Å². The lowest BCUT2D eigenvalue weighted by Crippen LogP contribution is -2.40. The highest BCUT2D eigenvalue weighted by atomic mass is 16.5. The summed E-state index contributed by atoms with van der Waals surface area (Å²) in [7, 11) is 0. The number of rotatable bonds is 5. The Kier molecular flexibility index (Phi) is 5.28. The van der Waals surface area contributed by atoms with Crippen molar-refractivity contribution in [2.75, 3.05) is 19.7 Å². The number of aromatic nitrogens is 3. The number of hydrogen-bond acceptors (Lipinski definition) is 4. The van der Waals surface area contributed by atoms with E-state index in [1.807, 2.05) is 45.8 Å². The van der Waals surface area contributed by atoms with Crippen LogP contribution < -0.4 is 4.74 Å². The molecule has 0 unspecified atom stereocenters. The van der Waals surface area contributed by atoms with E-state index in [1.54, 1.807) is 0 Å². The highest BCUT2D eigenvalue weighted by molar-refractivity contribution is 5.77. The standard InChI is InChI=1S/C22H26N4O2/c1-16(2)17-6-8-19(9-7-17)28-15-21(27)25-13-10-18(11-14-25)22-24-23-20-5-3-4-12-26(20)22/h3-9,12,16,18H,10-11,13-15H2,1-2H3. The van der Waals surface area contributed by atoms with Crippen molar-refractivity contribution in [3.8, 4) is 5.75 Å². The maximum absolute atomic E-state index is 12.5. The molecule has 2 aromatic heterocycles. The zero-order chi connectivity index (χ0) is 19.5. The summed E-state index contributed by atoms with van der Waals surface area (Å²) in [4.78, 5) is 14.4. The summed E-state index contributed by atoms with van der Waals surface area (Å²) < 4.78 is 7.74. The van der Waals surface area contributed by atoms with Gasteiger partial charge in [-0.15, -0.1) is 10.2 Å². The van der Waals surface area contributed by atoms with Gasteiger partial charge in [-0.3, -0.25) is 9.20 Å². The van der Waals surface area contributed by atoms with Crippen LogP contribution in [0.1, 0.15) is 49.9 Å². The molecule has 1 fully saturated rings. The fourth-order valence-electron chi connectivity index (χ4n) is 3.71. The third-order valence-corrected chi connectivity index (χ3v) is 5.46. The lowest BCUT2D eigenvalue weighted by Gasteiger charge is -2.31. The molecule has 3 heterocycles. The van der Waals surface area contributed by atoms with Gasteiger partial charge in [0.05, 0.1) is 0 Å². The monoisotopic (exact) mass is 378 g/mol. The van der Waals surface area contributed by atoms with E-state index < -0.39 is 0 Å². The van der Waals surface area contributed by atoms with Crippen LogP contribution in [0.15, 0.2) is 48.7 Å². The quantitative estimate of drug-likeness (QED) is 0.680. The Hall–Kier alpha value is -2.89. The SMILES string of the molecule is CC(C)c1ccc(OCC(=O)N2CCC(c3nnc4ccccn34)CC2)cc1. The van der Waals surface area contributed by atoms with E-state index in [-0.39, 0.29) is 12.5 Å². The Morgan fingerprint density at radius 2 is 1.86 bits per heavy atom. The van der Waals surface area contributed by atoms with Gasteiger partial charge in [-0.1, -0.05) is 32.0 Å². The number of fused-ring (bicyclic) bond motifs is 1. The number of piperidine rings is 1. The second-order valence-corrected chi connectivity index (χ2v) is 7.65. The van der Waals surface area contributed by atoms with E-state index in [0.29, 0.717) is 11.8 Å². The molecule has 1 aromatic carbocycles. The average Bonchev–Trinajstić information content (AvgIpc) is 3.16. The maximum atomic E-state index is 12.5. The smallest absolute Gasteiger partial charge is 0.260 e. The highest BCUT2D eigenvalue weighted by Gasteiger charge is 2.27. The molecule has 28 heavy (non-hydrogen) atoms. The van der Waals surface area contributed by atoms with Crippen molar-refractivity contribution in [3.05, 3.63) is 60.0 Å². The molecule has 6 heteroatoms. The van der Waals surface area contributed by atoms with Crippen LogP contribution >= 0.6 is 0 Å². The fourth-order valence-corrected chi connectivity index (χ4v) is 3.71. The molecule has 0 saturated carbocycles. The van der Waals surface area contributed by atoms with Gasteiger partial charge in [-0.25, -0.2) is 0 Å². The third-order valence-electron chi connectivity index (χ3n) is 5.46. The summed E-state index contributed by atoms with van der Waals surface area (Å²) in [6.07, 6.45) is 3.79. The Balaban J connectivity index is 1.30. The van der Waals surface area contributed by atoms with Crippen LogP contribution in [0.4, 0.5) is 0 Å². The second kappa shape index (κ2) is 8.00. The zero-order valence-corrected chi connectivity index (χ0v) is 16.4. The van der Waals surface area contributed by atoms with Crippen molar-refractivity contribution in [1.82, 2.24) is 19.5 Å². The Morgan fingerprint density at radius 3 is 2.57 bits per heavy atom. The number of pyridine rings is 1. The van der Waals surface area contributed by atoms with Crippen molar-refractivity contribution >= 4 is 11.6 Å². The van der Waals surface area contributed by atoms with Gasteiger partial charge in [0.2, 0.25) is 0 Å². The van der Waals surface area contributed by atoms with Crippen LogP contribution in [0.3, 0.4) is 0 Å². The molecular formula is C22H26N4O2. The van der Waals surface area contributed by atoms with Crippen LogP contribution in [-0.2, 0) is 4.79 Å². The molecule has 1 saturated heterocycles. The first-order chi connectivity index (χ1) is 13.6. The fraction of sp³-hybridized carbons (Fsp3) is 0.409. The summed E-state index contributed by atoms with van der Waals surface area (Å²) in [5, 5.41) is 8.61. The number of benzene rings is 1. The van der Waals surface area contributed by atoms with Crippen molar-refractivity contribution < 1.29 is 9.53 Å². The van der Waals surface area contributed by atoms with Crippen LogP contribution in [0.5, 0.6) is 5.75 Å². The molecule has 4 rings (SSSR count). The number of ether oxygens (including phenoxy) is 1. The second-order valence-electron chi connectivity index (χ2n) is 7.65. The van der Waals surface area contributed by atoms with E-state index in [1.165, 1.54) is 5.56 Å². The molecule has 3 aromatic rings. The largest absolute Gasteiger partial charge is 0.484 e. The molecule has 0 radical (unpaired) electrons. The first-order valence-electron chi connectivity index (χ1n) is 9.92. The molecule has 146 valence electrons. The van der Waals surface area contributed by atoms with Gasteiger partial charge in [0.25, 0.3) is 5.91 Å². The van der Waals surface area contributed by atoms with Gasteiger partial charge in [0.15, 0.2) is 12.3 Å². The van der Waals surface area contributed by atoms with Crippen molar-refractivity contribution in [2.45, 2.75) is 38.5 Å². The van der Waals surface area contributed by atoms with Gasteiger partial charge in [-0.2, -0.15) is 0 Å².